The molecule has 1 fully saturated rings. The van der Waals surface area contributed by atoms with E-state index in [0.717, 1.165) is 47.8 Å². The molecule has 3 heterocycles. The SMILES string of the molecule is [C-]#[N+]c1c(N2CCCC2)nc(SCc2csc(-c3ccc(Cl)cc3)n2)c(C#N)c1-c1ccc(OCCOC(=O)C(C)C)cc1. The van der Waals surface area contributed by atoms with Crippen molar-refractivity contribution in [2.75, 3.05) is 31.2 Å². The molecule has 1 saturated heterocycles. The molecule has 1 aliphatic rings. The molecule has 0 atom stereocenters. The van der Waals surface area contributed by atoms with Crippen LogP contribution >= 0.6 is 34.7 Å². The van der Waals surface area contributed by atoms with E-state index in [1.54, 1.807) is 37.3 Å². The number of halogens is 1. The minimum atomic E-state index is -0.267. The van der Waals surface area contributed by atoms with Gasteiger partial charge in [0, 0.05) is 40.4 Å². The summed E-state index contributed by atoms with van der Waals surface area (Å²) in [6.45, 7) is 13.7. The van der Waals surface area contributed by atoms with E-state index in [1.165, 1.54) is 11.8 Å². The van der Waals surface area contributed by atoms with Crippen molar-refractivity contribution in [3.8, 4) is 33.5 Å². The first-order chi connectivity index (χ1) is 21.4. The molecule has 8 nitrogen and oxygen atoms in total. The van der Waals surface area contributed by atoms with Gasteiger partial charge in [0.25, 0.3) is 0 Å². The maximum absolute atomic E-state index is 11.7. The van der Waals surface area contributed by atoms with Gasteiger partial charge in [-0.15, -0.1) is 11.3 Å². The molecule has 0 bridgehead atoms. The molecule has 0 aliphatic carbocycles. The summed E-state index contributed by atoms with van der Waals surface area (Å²) in [6.07, 6.45) is 2.06. The Bertz CT molecular complexity index is 1700. The van der Waals surface area contributed by atoms with Crippen LogP contribution in [0.3, 0.4) is 0 Å². The molecule has 4 aromatic rings. The van der Waals surface area contributed by atoms with E-state index >= 15 is 0 Å². The number of ether oxygens (including phenoxy) is 2. The van der Waals surface area contributed by atoms with Crippen LogP contribution in [0.1, 0.15) is 37.9 Å². The second kappa shape index (κ2) is 14.6. The van der Waals surface area contributed by atoms with Crippen LogP contribution in [-0.2, 0) is 15.3 Å². The van der Waals surface area contributed by atoms with Crippen molar-refractivity contribution in [3.05, 3.63) is 81.6 Å². The van der Waals surface area contributed by atoms with E-state index in [-0.39, 0.29) is 25.1 Å². The number of anilines is 1. The number of hydrogen-bond donors (Lipinski definition) is 0. The molecule has 0 radical (unpaired) electrons. The number of nitriles is 1. The number of thiazole rings is 1. The van der Waals surface area contributed by atoms with Crippen molar-refractivity contribution < 1.29 is 14.3 Å². The van der Waals surface area contributed by atoms with E-state index in [2.05, 4.69) is 15.8 Å². The lowest BCUT2D eigenvalue weighted by Crippen LogP contribution is -2.20. The van der Waals surface area contributed by atoms with Crippen LogP contribution < -0.4 is 9.64 Å². The molecule has 0 unspecified atom stereocenters. The van der Waals surface area contributed by atoms with Crippen molar-refractivity contribution in [1.29, 1.82) is 5.26 Å². The molecule has 2 aromatic carbocycles. The Hall–Kier alpha value is -4.09. The Labute approximate surface area is 270 Å². The second-order valence-electron chi connectivity index (χ2n) is 10.4. The summed E-state index contributed by atoms with van der Waals surface area (Å²) < 4.78 is 10.9. The summed E-state index contributed by atoms with van der Waals surface area (Å²) in [5, 5.41) is 14.5. The third-order valence-electron chi connectivity index (χ3n) is 6.96. The zero-order chi connectivity index (χ0) is 31.1. The van der Waals surface area contributed by atoms with Gasteiger partial charge in [0.2, 0.25) is 5.69 Å². The zero-order valence-electron chi connectivity index (χ0n) is 24.4. The number of rotatable bonds is 11. The Morgan fingerprint density at radius 3 is 2.48 bits per heavy atom. The summed E-state index contributed by atoms with van der Waals surface area (Å²) >= 11 is 9.05. The van der Waals surface area contributed by atoms with Gasteiger partial charge in [-0.1, -0.05) is 61.5 Å². The smallest absolute Gasteiger partial charge is 0.308 e. The number of carbonyl (C=O) groups excluding carboxylic acids is 1. The number of nitrogens with zero attached hydrogens (tertiary/aromatic N) is 5. The lowest BCUT2D eigenvalue weighted by molar-refractivity contribution is -0.148. The summed E-state index contributed by atoms with van der Waals surface area (Å²) in [7, 11) is 0. The third kappa shape index (κ3) is 7.34. The molecule has 1 aliphatic heterocycles. The highest BCUT2D eigenvalue weighted by atomic mass is 35.5. The van der Waals surface area contributed by atoms with Crippen LogP contribution in [0.2, 0.25) is 5.02 Å². The molecule has 0 amide bonds. The number of pyridine rings is 1. The first-order valence-corrected chi connectivity index (χ1v) is 16.5. The van der Waals surface area contributed by atoms with Gasteiger partial charge in [-0.25, -0.2) is 14.8 Å². The number of carbonyl (C=O) groups is 1. The molecule has 11 heteroatoms. The minimum Gasteiger partial charge on any atom is -0.490 e. The van der Waals surface area contributed by atoms with Crippen LogP contribution in [0, 0.1) is 23.8 Å². The topological polar surface area (TPSA) is 92.7 Å². The van der Waals surface area contributed by atoms with Gasteiger partial charge < -0.3 is 14.4 Å². The highest BCUT2D eigenvalue weighted by Gasteiger charge is 2.26. The Morgan fingerprint density at radius 2 is 1.82 bits per heavy atom. The van der Waals surface area contributed by atoms with Crippen molar-refractivity contribution in [3.63, 3.8) is 0 Å². The Morgan fingerprint density at radius 1 is 1.11 bits per heavy atom. The third-order valence-corrected chi connectivity index (χ3v) is 9.16. The van der Waals surface area contributed by atoms with Gasteiger partial charge in [-0.2, -0.15) is 5.26 Å². The molecule has 44 heavy (non-hydrogen) atoms. The fourth-order valence-electron chi connectivity index (χ4n) is 4.71. The predicted molar refractivity (Wildman–Crippen MR) is 176 cm³/mol. The molecule has 224 valence electrons. The Balaban J connectivity index is 1.42. The normalized spacial score (nSPS) is 12.6. The summed E-state index contributed by atoms with van der Waals surface area (Å²) in [5.41, 5.74) is 3.92. The van der Waals surface area contributed by atoms with Crippen molar-refractivity contribution in [2.24, 2.45) is 5.92 Å². The van der Waals surface area contributed by atoms with Gasteiger partial charge in [0.1, 0.15) is 40.9 Å². The number of benzene rings is 2. The van der Waals surface area contributed by atoms with Crippen LogP contribution in [0.15, 0.2) is 58.9 Å². The molecule has 0 N–H and O–H groups in total. The monoisotopic (exact) mass is 643 g/mol. The van der Waals surface area contributed by atoms with Crippen LogP contribution in [0.25, 0.3) is 26.5 Å². The van der Waals surface area contributed by atoms with Crippen LogP contribution in [-0.4, -0.2) is 42.2 Å². The van der Waals surface area contributed by atoms with E-state index < -0.39 is 0 Å². The Kier molecular flexibility index (Phi) is 10.4. The van der Waals surface area contributed by atoms with Crippen molar-refractivity contribution in [2.45, 2.75) is 37.5 Å². The maximum atomic E-state index is 11.7. The van der Waals surface area contributed by atoms with Gasteiger partial charge in [-0.3, -0.25) is 4.79 Å². The second-order valence-corrected chi connectivity index (χ2v) is 12.7. The summed E-state index contributed by atoms with van der Waals surface area (Å²) in [5.74, 6) is 1.28. The van der Waals surface area contributed by atoms with Crippen LogP contribution in [0.4, 0.5) is 11.5 Å². The summed E-state index contributed by atoms with van der Waals surface area (Å²) in [6, 6.07) is 17.2. The molecule has 2 aromatic heterocycles. The number of esters is 1. The number of aromatic nitrogens is 2. The van der Waals surface area contributed by atoms with E-state index in [0.29, 0.717) is 44.2 Å². The van der Waals surface area contributed by atoms with Gasteiger partial charge in [0.15, 0.2) is 0 Å². The van der Waals surface area contributed by atoms with E-state index in [4.69, 9.17) is 37.6 Å². The summed E-state index contributed by atoms with van der Waals surface area (Å²) in [4.78, 5) is 27.4. The zero-order valence-corrected chi connectivity index (χ0v) is 26.8. The average Bonchev–Trinajstić information content (AvgIpc) is 3.75. The largest absolute Gasteiger partial charge is 0.490 e. The highest BCUT2D eigenvalue weighted by molar-refractivity contribution is 7.98. The molecule has 0 saturated carbocycles. The number of hydrogen-bond acceptors (Lipinski definition) is 9. The maximum Gasteiger partial charge on any atom is 0.308 e. The lowest BCUT2D eigenvalue weighted by atomic mass is 9.99. The first-order valence-electron chi connectivity index (χ1n) is 14.2. The van der Waals surface area contributed by atoms with Crippen molar-refractivity contribution in [1.82, 2.24) is 9.97 Å². The minimum absolute atomic E-state index is 0.156. The highest BCUT2D eigenvalue weighted by Crippen LogP contribution is 2.45. The van der Waals surface area contributed by atoms with Gasteiger partial charge in [0.05, 0.1) is 23.7 Å². The predicted octanol–water partition coefficient (Wildman–Crippen LogP) is 8.42. The van der Waals surface area contributed by atoms with Crippen molar-refractivity contribution >= 4 is 52.2 Å². The van der Waals surface area contributed by atoms with E-state index in [9.17, 15) is 10.1 Å². The van der Waals surface area contributed by atoms with Gasteiger partial charge in [-0.05, 0) is 42.7 Å². The first kappa shape index (κ1) is 31.3. The number of thioether (sulfide) groups is 1. The standard InChI is InChI=1S/C33H30ClN5O3S2/c1-21(2)33(40)42-17-16-41-26-12-8-22(9-13-26)28-27(18-35)32(38-30(29(28)36-3)39-14-4-5-15-39)44-20-25-19-43-31(37-25)23-6-10-24(34)11-7-23/h6-13,19,21H,4-5,14-17,20H2,1-2H3. The fraction of sp³-hybridized carbons (Fsp3) is 0.303. The van der Waals surface area contributed by atoms with Crippen LogP contribution in [0.5, 0.6) is 5.75 Å². The fourth-order valence-corrected chi connectivity index (χ4v) is 6.65. The lowest BCUT2D eigenvalue weighted by Gasteiger charge is -2.22. The molecule has 5 rings (SSSR count). The molecular formula is C33H30ClN5O3S2. The molecule has 0 spiro atoms. The quantitative estimate of drug-likeness (QED) is 0.0696. The average molecular weight is 644 g/mol. The van der Waals surface area contributed by atoms with E-state index in [1.807, 2.05) is 41.8 Å². The van der Waals surface area contributed by atoms with Gasteiger partial charge >= 0.3 is 5.97 Å². The molecular weight excluding hydrogens is 614 g/mol.